The van der Waals surface area contributed by atoms with Crippen LogP contribution >= 0.6 is 0 Å². The van der Waals surface area contributed by atoms with E-state index in [1.54, 1.807) is 6.07 Å². The van der Waals surface area contributed by atoms with Crippen LogP contribution in [0.5, 0.6) is 0 Å². The van der Waals surface area contributed by atoms with Crippen LogP contribution in [0.4, 0.5) is 5.69 Å². The van der Waals surface area contributed by atoms with Crippen molar-refractivity contribution >= 4 is 5.69 Å². The van der Waals surface area contributed by atoms with Crippen molar-refractivity contribution in [2.75, 3.05) is 11.4 Å². The monoisotopic (exact) mass is 251 g/mol. The Morgan fingerprint density at radius 2 is 2.05 bits per heavy atom. The van der Waals surface area contributed by atoms with E-state index in [4.69, 9.17) is 5.26 Å². The smallest absolute Gasteiger partial charge is 0.266 e. The van der Waals surface area contributed by atoms with Gasteiger partial charge in [-0.2, -0.15) is 5.26 Å². The number of fused-ring (bicyclic) bond motifs is 1. The fourth-order valence-electron chi connectivity index (χ4n) is 2.45. The molecule has 0 fully saturated rings. The normalized spacial score (nSPS) is 13.7. The maximum Gasteiger partial charge on any atom is 0.266 e. The van der Waals surface area contributed by atoms with Gasteiger partial charge in [0, 0.05) is 30.9 Å². The summed E-state index contributed by atoms with van der Waals surface area (Å²) in [7, 11) is 0. The van der Waals surface area contributed by atoms with Gasteiger partial charge in [0.1, 0.15) is 11.6 Å². The Labute approximate surface area is 110 Å². The highest BCUT2D eigenvalue weighted by molar-refractivity contribution is 5.49. The van der Waals surface area contributed by atoms with Crippen LogP contribution in [0.1, 0.15) is 16.8 Å². The predicted molar refractivity (Wildman–Crippen MR) is 73.0 cm³/mol. The van der Waals surface area contributed by atoms with Crippen molar-refractivity contribution in [2.45, 2.75) is 13.0 Å². The summed E-state index contributed by atoms with van der Waals surface area (Å²) >= 11 is 0. The van der Waals surface area contributed by atoms with E-state index >= 15 is 0 Å². The summed E-state index contributed by atoms with van der Waals surface area (Å²) in [4.78, 5) is 16.6. The van der Waals surface area contributed by atoms with Gasteiger partial charge in [-0.1, -0.05) is 18.2 Å². The highest BCUT2D eigenvalue weighted by atomic mass is 16.1. The van der Waals surface area contributed by atoms with Crippen molar-refractivity contribution < 1.29 is 0 Å². The molecule has 0 unspecified atom stereocenters. The second-order valence-corrected chi connectivity index (χ2v) is 4.63. The predicted octanol–water partition coefficient (Wildman–Crippen LogP) is 1.81. The Morgan fingerprint density at radius 1 is 1.26 bits per heavy atom. The quantitative estimate of drug-likeness (QED) is 0.840. The highest BCUT2D eigenvalue weighted by Crippen LogP contribution is 2.22. The minimum absolute atomic E-state index is 0.189. The number of rotatable bonds is 1. The molecular weight excluding hydrogens is 238 g/mol. The van der Waals surface area contributed by atoms with E-state index in [0.29, 0.717) is 0 Å². The van der Waals surface area contributed by atoms with E-state index in [9.17, 15) is 4.79 Å². The van der Waals surface area contributed by atoms with Crippen LogP contribution in [0.25, 0.3) is 0 Å². The average Bonchev–Trinajstić information content (AvgIpc) is 2.47. The number of hydrogen-bond acceptors (Lipinski definition) is 3. The lowest BCUT2D eigenvalue weighted by Crippen LogP contribution is -2.32. The average molecular weight is 251 g/mol. The van der Waals surface area contributed by atoms with Crippen LogP contribution in [0.15, 0.2) is 41.2 Å². The van der Waals surface area contributed by atoms with Gasteiger partial charge in [-0.25, -0.2) is 0 Å². The standard InChI is InChI=1S/C15H13N3O/c16-9-11-8-12-10-18(13-4-2-1-3-5-13)7-6-14(12)17-15(11)19/h1-5,8H,6-7,10H2,(H,17,19). The van der Waals surface area contributed by atoms with Gasteiger partial charge in [0.25, 0.3) is 5.56 Å². The Hall–Kier alpha value is -2.54. The largest absolute Gasteiger partial charge is 0.367 e. The zero-order chi connectivity index (χ0) is 13.2. The lowest BCUT2D eigenvalue weighted by Gasteiger charge is -2.30. The minimum atomic E-state index is -0.283. The number of anilines is 1. The topological polar surface area (TPSA) is 59.9 Å². The first-order chi connectivity index (χ1) is 9.28. The molecular formula is C15H13N3O. The number of para-hydroxylation sites is 1. The van der Waals surface area contributed by atoms with Crippen molar-refractivity contribution in [2.24, 2.45) is 0 Å². The van der Waals surface area contributed by atoms with Crippen molar-refractivity contribution in [3.63, 3.8) is 0 Å². The fraction of sp³-hybridized carbons (Fsp3) is 0.200. The van der Waals surface area contributed by atoms with Crippen LogP contribution in [0.2, 0.25) is 0 Å². The molecule has 0 saturated carbocycles. The van der Waals surface area contributed by atoms with Crippen molar-refractivity contribution in [1.82, 2.24) is 4.98 Å². The van der Waals surface area contributed by atoms with Gasteiger partial charge in [-0.05, 0) is 23.8 Å². The lowest BCUT2D eigenvalue weighted by molar-refractivity contribution is 0.708. The van der Waals surface area contributed by atoms with E-state index < -0.39 is 0 Å². The number of aromatic amines is 1. The van der Waals surface area contributed by atoms with Gasteiger partial charge in [0.15, 0.2) is 0 Å². The maximum absolute atomic E-state index is 11.6. The molecule has 1 aromatic heterocycles. The first-order valence-electron chi connectivity index (χ1n) is 6.23. The van der Waals surface area contributed by atoms with Gasteiger partial charge in [-0.3, -0.25) is 4.79 Å². The summed E-state index contributed by atoms with van der Waals surface area (Å²) in [6, 6.07) is 13.8. The molecule has 1 aliphatic heterocycles. The molecule has 3 rings (SSSR count). The molecule has 2 heterocycles. The van der Waals surface area contributed by atoms with Crippen molar-refractivity contribution in [3.05, 3.63) is 63.6 Å². The fourth-order valence-corrected chi connectivity index (χ4v) is 2.45. The van der Waals surface area contributed by atoms with Gasteiger partial charge in [0.2, 0.25) is 0 Å². The van der Waals surface area contributed by atoms with Gasteiger partial charge >= 0.3 is 0 Å². The van der Waals surface area contributed by atoms with Crippen LogP contribution in [0.3, 0.4) is 0 Å². The molecule has 2 aromatic rings. The van der Waals surface area contributed by atoms with Crippen LogP contribution in [0, 0.1) is 11.3 Å². The SMILES string of the molecule is N#Cc1cc2c([nH]c1=O)CCN(c1ccccc1)C2. The molecule has 0 saturated heterocycles. The summed E-state index contributed by atoms with van der Waals surface area (Å²) in [5.74, 6) is 0. The van der Waals surface area contributed by atoms with E-state index in [-0.39, 0.29) is 11.1 Å². The zero-order valence-corrected chi connectivity index (χ0v) is 10.4. The summed E-state index contributed by atoms with van der Waals surface area (Å²) in [5, 5.41) is 8.92. The number of benzene rings is 1. The Kier molecular flexibility index (Phi) is 2.81. The van der Waals surface area contributed by atoms with E-state index in [1.165, 1.54) is 0 Å². The first kappa shape index (κ1) is 11.5. The molecule has 1 aromatic carbocycles. The molecule has 4 nitrogen and oxygen atoms in total. The Bertz CT molecular complexity index is 698. The molecule has 1 N–H and O–H groups in total. The third kappa shape index (κ3) is 2.11. The number of nitrogens with one attached hydrogen (secondary N) is 1. The molecule has 1 aliphatic rings. The first-order valence-corrected chi connectivity index (χ1v) is 6.23. The summed E-state index contributed by atoms with van der Waals surface area (Å²) in [6.07, 6.45) is 0.797. The summed E-state index contributed by atoms with van der Waals surface area (Å²) in [6.45, 7) is 1.60. The maximum atomic E-state index is 11.6. The number of nitriles is 1. The molecule has 0 aliphatic carbocycles. The van der Waals surface area contributed by atoms with Gasteiger partial charge in [0.05, 0.1) is 0 Å². The van der Waals surface area contributed by atoms with Gasteiger partial charge in [-0.15, -0.1) is 0 Å². The number of H-pyrrole nitrogens is 1. The second-order valence-electron chi connectivity index (χ2n) is 4.63. The van der Waals surface area contributed by atoms with Crippen molar-refractivity contribution in [1.29, 1.82) is 5.26 Å². The van der Waals surface area contributed by atoms with E-state index in [2.05, 4.69) is 22.0 Å². The number of hydrogen-bond donors (Lipinski definition) is 1. The number of aromatic nitrogens is 1. The van der Waals surface area contributed by atoms with E-state index in [1.807, 2.05) is 24.3 Å². The molecule has 0 atom stereocenters. The molecule has 94 valence electrons. The Morgan fingerprint density at radius 3 is 2.79 bits per heavy atom. The number of nitrogens with zero attached hydrogens (tertiary/aromatic N) is 2. The third-order valence-corrected chi connectivity index (χ3v) is 3.45. The Balaban J connectivity index is 1.96. The minimum Gasteiger partial charge on any atom is -0.367 e. The van der Waals surface area contributed by atoms with Crippen LogP contribution < -0.4 is 10.5 Å². The van der Waals surface area contributed by atoms with Crippen LogP contribution in [-0.4, -0.2) is 11.5 Å². The summed E-state index contributed by atoms with van der Waals surface area (Å²) in [5.41, 5.74) is 3.06. The van der Waals surface area contributed by atoms with Crippen LogP contribution in [-0.2, 0) is 13.0 Å². The molecule has 4 heteroatoms. The lowest BCUT2D eigenvalue weighted by atomic mass is 10.0. The molecule has 19 heavy (non-hydrogen) atoms. The molecule has 0 bridgehead atoms. The zero-order valence-electron chi connectivity index (χ0n) is 10.4. The highest BCUT2D eigenvalue weighted by Gasteiger charge is 2.18. The summed E-state index contributed by atoms with van der Waals surface area (Å²) < 4.78 is 0. The second kappa shape index (κ2) is 4.62. The van der Waals surface area contributed by atoms with E-state index in [0.717, 1.165) is 36.5 Å². The molecule has 0 amide bonds. The molecule has 0 spiro atoms. The van der Waals surface area contributed by atoms with Gasteiger partial charge < -0.3 is 9.88 Å². The third-order valence-electron chi connectivity index (χ3n) is 3.45. The molecule has 0 radical (unpaired) electrons. The number of pyridine rings is 1. The van der Waals surface area contributed by atoms with Crippen molar-refractivity contribution in [3.8, 4) is 6.07 Å².